The van der Waals surface area contributed by atoms with Gasteiger partial charge in [0.2, 0.25) is 5.91 Å². The molecule has 118 valence electrons. The molecule has 1 heterocycles. The molecule has 0 aromatic heterocycles. The lowest BCUT2D eigenvalue weighted by atomic mass is 9.91. The number of hydrogen-bond donors (Lipinski definition) is 3. The first-order valence-corrected chi connectivity index (χ1v) is 6.74. The van der Waals surface area contributed by atoms with Crippen LogP contribution >= 0.6 is 0 Å². The summed E-state index contributed by atoms with van der Waals surface area (Å²) in [4.78, 5) is 11.6. The van der Waals surface area contributed by atoms with Gasteiger partial charge in [0.05, 0.1) is 12.0 Å². The van der Waals surface area contributed by atoms with Crippen LogP contribution in [0.15, 0.2) is 30.3 Å². The van der Waals surface area contributed by atoms with Gasteiger partial charge in [0, 0.05) is 23.2 Å². The number of amides is 1. The van der Waals surface area contributed by atoms with Gasteiger partial charge in [-0.1, -0.05) is 12.1 Å². The van der Waals surface area contributed by atoms with Gasteiger partial charge in [-0.05, 0) is 34.9 Å². The minimum absolute atomic E-state index is 0.0824. The van der Waals surface area contributed by atoms with Gasteiger partial charge in [0.25, 0.3) is 0 Å². The molecule has 2 aromatic carbocycles. The fourth-order valence-corrected chi connectivity index (χ4v) is 2.72. The lowest BCUT2D eigenvalue weighted by Gasteiger charge is -2.16. The van der Waals surface area contributed by atoms with Gasteiger partial charge in [-0.2, -0.15) is 13.2 Å². The van der Waals surface area contributed by atoms with E-state index in [1.165, 1.54) is 0 Å². The predicted octanol–water partition coefficient (Wildman–Crippen LogP) is 3.45. The SMILES string of the molecule is N=Cc1c(N)cc(C(F)(F)F)cc1-c1cccc2c1CC(=O)N2. The van der Waals surface area contributed by atoms with Gasteiger partial charge in [0.15, 0.2) is 0 Å². The van der Waals surface area contributed by atoms with E-state index in [9.17, 15) is 18.0 Å². The number of fused-ring (bicyclic) bond motifs is 1. The lowest BCUT2D eigenvalue weighted by Crippen LogP contribution is -2.08. The highest BCUT2D eigenvalue weighted by molar-refractivity contribution is 6.04. The van der Waals surface area contributed by atoms with E-state index in [0.717, 1.165) is 18.3 Å². The van der Waals surface area contributed by atoms with Crippen molar-refractivity contribution in [3.8, 4) is 11.1 Å². The Morgan fingerprint density at radius 3 is 2.61 bits per heavy atom. The van der Waals surface area contributed by atoms with Gasteiger partial charge in [0.1, 0.15) is 0 Å². The van der Waals surface area contributed by atoms with Crippen LogP contribution in [0.2, 0.25) is 0 Å². The van der Waals surface area contributed by atoms with Crippen molar-refractivity contribution in [2.75, 3.05) is 11.1 Å². The molecule has 2 aromatic rings. The third kappa shape index (κ3) is 2.54. The van der Waals surface area contributed by atoms with E-state index in [1.807, 2.05) is 0 Å². The zero-order valence-corrected chi connectivity index (χ0v) is 11.8. The van der Waals surface area contributed by atoms with E-state index in [1.54, 1.807) is 18.2 Å². The summed E-state index contributed by atoms with van der Waals surface area (Å²) < 4.78 is 39.2. The lowest BCUT2D eigenvalue weighted by molar-refractivity contribution is -0.137. The van der Waals surface area contributed by atoms with Crippen LogP contribution in [0.5, 0.6) is 0 Å². The smallest absolute Gasteiger partial charge is 0.398 e. The molecule has 0 saturated heterocycles. The number of anilines is 2. The van der Waals surface area contributed by atoms with Crippen molar-refractivity contribution in [3.05, 3.63) is 47.0 Å². The van der Waals surface area contributed by atoms with E-state index in [4.69, 9.17) is 11.1 Å². The Morgan fingerprint density at radius 2 is 1.96 bits per heavy atom. The van der Waals surface area contributed by atoms with Crippen LogP contribution in [-0.2, 0) is 17.4 Å². The third-order valence-corrected chi connectivity index (χ3v) is 3.76. The molecule has 1 aliphatic heterocycles. The summed E-state index contributed by atoms with van der Waals surface area (Å²) in [5.74, 6) is -0.219. The second-order valence-corrected chi connectivity index (χ2v) is 5.23. The summed E-state index contributed by atoms with van der Waals surface area (Å²) >= 11 is 0. The average Bonchev–Trinajstić information content (AvgIpc) is 2.85. The summed E-state index contributed by atoms with van der Waals surface area (Å²) in [5.41, 5.74) is 6.74. The Hall–Kier alpha value is -2.83. The topological polar surface area (TPSA) is 79.0 Å². The van der Waals surface area contributed by atoms with Gasteiger partial charge in [-0.25, -0.2) is 0 Å². The molecule has 1 amide bonds. The molecule has 7 heteroatoms. The first kappa shape index (κ1) is 15.1. The molecule has 0 radical (unpaired) electrons. The standard InChI is InChI=1S/C16H12F3N3O/c17-16(18,19)8-4-10(12(7-20)13(21)5-8)9-2-1-3-14-11(9)6-15(23)22-14/h1-5,7,20H,6,21H2,(H,22,23). The molecule has 4 nitrogen and oxygen atoms in total. The molecule has 0 saturated carbocycles. The molecule has 23 heavy (non-hydrogen) atoms. The van der Waals surface area contributed by atoms with Crippen LogP contribution in [0.1, 0.15) is 16.7 Å². The van der Waals surface area contributed by atoms with Crippen molar-refractivity contribution in [1.82, 2.24) is 0 Å². The number of alkyl halides is 3. The Morgan fingerprint density at radius 1 is 1.22 bits per heavy atom. The van der Waals surface area contributed by atoms with Gasteiger partial charge >= 0.3 is 6.18 Å². The monoisotopic (exact) mass is 319 g/mol. The van der Waals surface area contributed by atoms with E-state index in [0.29, 0.717) is 16.8 Å². The summed E-state index contributed by atoms with van der Waals surface area (Å²) in [5, 5.41) is 10.1. The van der Waals surface area contributed by atoms with Crippen LogP contribution in [-0.4, -0.2) is 12.1 Å². The zero-order chi connectivity index (χ0) is 16.8. The summed E-state index contributed by atoms with van der Waals surface area (Å²) in [6.45, 7) is 0. The summed E-state index contributed by atoms with van der Waals surface area (Å²) in [7, 11) is 0. The number of nitrogens with two attached hydrogens (primary N) is 1. The minimum Gasteiger partial charge on any atom is -0.398 e. The molecule has 4 N–H and O–H groups in total. The summed E-state index contributed by atoms with van der Waals surface area (Å²) in [6, 6.07) is 6.74. The van der Waals surface area contributed by atoms with Crippen molar-refractivity contribution in [3.63, 3.8) is 0 Å². The number of nitrogens with one attached hydrogen (secondary N) is 2. The maximum Gasteiger partial charge on any atom is 0.416 e. The Bertz CT molecular complexity index is 828. The number of halogens is 3. The first-order chi connectivity index (χ1) is 10.8. The van der Waals surface area contributed by atoms with Crippen molar-refractivity contribution in [2.24, 2.45) is 0 Å². The normalized spacial score (nSPS) is 13.6. The van der Waals surface area contributed by atoms with E-state index < -0.39 is 11.7 Å². The zero-order valence-electron chi connectivity index (χ0n) is 11.8. The van der Waals surface area contributed by atoms with Crippen molar-refractivity contribution < 1.29 is 18.0 Å². The van der Waals surface area contributed by atoms with Crippen LogP contribution in [0.4, 0.5) is 24.5 Å². The van der Waals surface area contributed by atoms with Gasteiger partial charge in [-0.15, -0.1) is 0 Å². The van der Waals surface area contributed by atoms with E-state index >= 15 is 0 Å². The Labute approximate surface area is 129 Å². The maximum atomic E-state index is 13.1. The molecule has 0 atom stereocenters. The van der Waals surface area contributed by atoms with Crippen LogP contribution in [0, 0.1) is 5.41 Å². The highest BCUT2D eigenvalue weighted by atomic mass is 19.4. The van der Waals surface area contributed by atoms with Crippen molar-refractivity contribution in [2.45, 2.75) is 12.6 Å². The fraction of sp³-hybridized carbons (Fsp3) is 0.125. The second kappa shape index (κ2) is 5.12. The Kier molecular flexibility index (Phi) is 3.35. The predicted molar refractivity (Wildman–Crippen MR) is 81.5 cm³/mol. The second-order valence-electron chi connectivity index (χ2n) is 5.23. The molecule has 3 rings (SSSR count). The highest BCUT2D eigenvalue weighted by Crippen LogP contribution is 2.40. The minimum atomic E-state index is -4.55. The van der Waals surface area contributed by atoms with E-state index in [2.05, 4.69) is 5.32 Å². The molecular weight excluding hydrogens is 307 g/mol. The number of benzene rings is 2. The first-order valence-electron chi connectivity index (χ1n) is 6.74. The largest absolute Gasteiger partial charge is 0.416 e. The molecular formula is C16H12F3N3O. The maximum absolute atomic E-state index is 13.1. The van der Waals surface area contributed by atoms with E-state index in [-0.39, 0.29) is 29.1 Å². The molecule has 0 spiro atoms. The number of rotatable bonds is 2. The van der Waals surface area contributed by atoms with Crippen LogP contribution in [0.25, 0.3) is 11.1 Å². The average molecular weight is 319 g/mol. The number of hydrogen-bond acceptors (Lipinski definition) is 3. The molecule has 0 fully saturated rings. The fourth-order valence-electron chi connectivity index (χ4n) is 2.72. The molecule has 1 aliphatic rings. The third-order valence-electron chi connectivity index (χ3n) is 3.76. The molecule has 0 bridgehead atoms. The number of carbonyl (C=O) groups excluding carboxylic acids is 1. The summed E-state index contributed by atoms with van der Waals surface area (Å²) in [6.07, 6.45) is -3.54. The Balaban J connectivity index is 2.29. The molecule has 0 aliphatic carbocycles. The van der Waals surface area contributed by atoms with Crippen molar-refractivity contribution >= 4 is 23.5 Å². The quantitative estimate of drug-likeness (QED) is 0.585. The van der Waals surface area contributed by atoms with Crippen LogP contribution < -0.4 is 11.1 Å². The molecule has 0 unspecified atom stereocenters. The number of nitrogen functional groups attached to an aromatic ring is 1. The van der Waals surface area contributed by atoms with Crippen molar-refractivity contribution in [1.29, 1.82) is 5.41 Å². The van der Waals surface area contributed by atoms with Crippen LogP contribution in [0.3, 0.4) is 0 Å². The van der Waals surface area contributed by atoms with Gasteiger partial charge < -0.3 is 16.5 Å². The van der Waals surface area contributed by atoms with Gasteiger partial charge in [-0.3, -0.25) is 4.79 Å². The number of carbonyl (C=O) groups is 1. The highest BCUT2D eigenvalue weighted by Gasteiger charge is 2.32.